The first-order valence-electron chi connectivity index (χ1n) is 6.40. The van der Waals surface area contributed by atoms with E-state index in [2.05, 4.69) is 10.4 Å². The van der Waals surface area contributed by atoms with Gasteiger partial charge in [0, 0.05) is 24.4 Å². The van der Waals surface area contributed by atoms with Crippen molar-refractivity contribution in [2.24, 2.45) is 0 Å². The Morgan fingerprint density at radius 1 is 1.35 bits per heavy atom. The van der Waals surface area contributed by atoms with Gasteiger partial charge in [-0.3, -0.25) is 14.8 Å². The average molecular weight is 274 g/mol. The van der Waals surface area contributed by atoms with Gasteiger partial charge in [0.2, 0.25) is 0 Å². The number of hydrogen-bond acceptors (Lipinski definition) is 4. The maximum Gasteiger partial charge on any atom is 0.292 e. The predicted molar refractivity (Wildman–Crippen MR) is 78.2 cm³/mol. The molecule has 0 amide bonds. The van der Waals surface area contributed by atoms with Crippen LogP contribution in [0.3, 0.4) is 0 Å². The van der Waals surface area contributed by atoms with Gasteiger partial charge in [0.25, 0.3) is 5.69 Å². The highest BCUT2D eigenvalue weighted by atomic mass is 16.6. The topological polar surface area (TPSA) is 73.0 Å². The second-order valence-electron chi connectivity index (χ2n) is 4.77. The number of nitrogens with one attached hydrogen (secondary N) is 1. The summed E-state index contributed by atoms with van der Waals surface area (Å²) in [6, 6.07) is 5.08. The molecule has 0 aliphatic carbocycles. The van der Waals surface area contributed by atoms with Crippen LogP contribution >= 0.6 is 0 Å². The first-order valence-corrected chi connectivity index (χ1v) is 6.40. The fourth-order valence-corrected chi connectivity index (χ4v) is 2.26. The van der Waals surface area contributed by atoms with Crippen LogP contribution < -0.4 is 5.32 Å². The fraction of sp³-hybridized carbons (Fsp3) is 0.357. The number of nitro groups is 1. The summed E-state index contributed by atoms with van der Waals surface area (Å²) in [6.45, 7) is 6.51. The molecule has 106 valence electrons. The van der Waals surface area contributed by atoms with Gasteiger partial charge in [0.1, 0.15) is 5.69 Å². The molecule has 1 heterocycles. The monoisotopic (exact) mass is 274 g/mol. The lowest BCUT2D eigenvalue weighted by atomic mass is 10.1. The van der Waals surface area contributed by atoms with Gasteiger partial charge in [-0.05, 0) is 26.3 Å². The van der Waals surface area contributed by atoms with Crippen LogP contribution in [0.15, 0.2) is 18.2 Å². The van der Waals surface area contributed by atoms with Crippen molar-refractivity contribution in [2.75, 3.05) is 12.4 Å². The maximum absolute atomic E-state index is 11.1. The van der Waals surface area contributed by atoms with Crippen LogP contribution in [-0.4, -0.2) is 21.8 Å². The first kappa shape index (κ1) is 14.0. The largest absolute Gasteiger partial charge is 0.382 e. The Bertz CT molecular complexity index is 661. The number of para-hydroxylation sites is 1. The van der Waals surface area contributed by atoms with Crippen molar-refractivity contribution in [1.82, 2.24) is 9.78 Å². The quantitative estimate of drug-likeness (QED) is 0.687. The highest BCUT2D eigenvalue weighted by Crippen LogP contribution is 2.28. The molecule has 0 spiro atoms. The van der Waals surface area contributed by atoms with Crippen molar-refractivity contribution in [3.05, 3.63) is 50.8 Å². The Kier molecular flexibility index (Phi) is 3.74. The van der Waals surface area contributed by atoms with Gasteiger partial charge in [-0.25, -0.2) is 0 Å². The molecule has 1 aromatic heterocycles. The molecule has 2 rings (SSSR count). The number of benzene rings is 1. The molecule has 0 aliphatic heterocycles. The summed E-state index contributed by atoms with van der Waals surface area (Å²) in [5.74, 6) is 0. The normalized spacial score (nSPS) is 10.6. The number of anilines is 1. The number of nitro benzene ring substituents is 1. The van der Waals surface area contributed by atoms with E-state index in [1.165, 1.54) is 6.07 Å². The molecule has 0 aliphatic rings. The molecule has 0 atom stereocenters. The highest BCUT2D eigenvalue weighted by Gasteiger charge is 2.17. The summed E-state index contributed by atoms with van der Waals surface area (Å²) < 4.78 is 1.88. The predicted octanol–water partition coefficient (Wildman–Crippen LogP) is 2.81. The Hall–Kier alpha value is -2.37. The van der Waals surface area contributed by atoms with Crippen LogP contribution in [0.5, 0.6) is 0 Å². The van der Waals surface area contributed by atoms with Crippen molar-refractivity contribution < 1.29 is 4.92 Å². The number of hydrogen-bond donors (Lipinski definition) is 1. The van der Waals surface area contributed by atoms with E-state index in [-0.39, 0.29) is 10.6 Å². The molecule has 6 nitrogen and oxygen atoms in total. The van der Waals surface area contributed by atoms with E-state index in [4.69, 9.17) is 0 Å². The van der Waals surface area contributed by atoms with E-state index in [1.54, 1.807) is 13.1 Å². The zero-order chi connectivity index (χ0) is 14.9. The van der Waals surface area contributed by atoms with Gasteiger partial charge in [-0.2, -0.15) is 5.10 Å². The third-order valence-corrected chi connectivity index (χ3v) is 3.64. The Balaban J connectivity index is 2.46. The SMILES string of the molecule is CNc1c(Cn2nc(C)c(C)c2C)cccc1[N+](=O)[O-]. The second-order valence-corrected chi connectivity index (χ2v) is 4.77. The molecule has 0 fully saturated rings. The third-order valence-electron chi connectivity index (χ3n) is 3.64. The molecular formula is C14H18N4O2. The van der Waals surface area contributed by atoms with Crippen molar-refractivity contribution in [2.45, 2.75) is 27.3 Å². The molecule has 0 saturated carbocycles. The van der Waals surface area contributed by atoms with E-state index >= 15 is 0 Å². The number of aromatic nitrogens is 2. The van der Waals surface area contributed by atoms with E-state index in [0.717, 1.165) is 22.5 Å². The van der Waals surface area contributed by atoms with Crippen molar-refractivity contribution in [3.8, 4) is 0 Å². The van der Waals surface area contributed by atoms with Crippen LogP contribution in [0.2, 0.25) is 0 Å². The maximum atomic E-state index is 11.1. The molecule has 0 saturated heterocycles. The van der Waals surface area contributed by atoms with Gasteiger partial charge in [-0.1, -0.05) is 12.1 Å². The van der Waals surface area contributed by atoms with Gasteiger partial charge >= 0.3 is 0 Å². The van der Waals surface area contributed by atoms with Crippen molar-refractivity contribution in [1.29, 1.82) is 0 Å². The smallest absolute Gasteiger partial charge is 0.292 e. The van der Waals surface area contributed by atoms with Crippen LogP contribution in [-0.2, 0) is 6.54 Å². The molecule has 20 heavy (non-hydrogen) atoms. The van der Waals surface area contributed by atoms with E-state index in [0.29, 0.717) is 12.2 Å². The molecular weight excluding hydrogens is 256 g/mol. The minimum absolute atomic E-state index is 0.0863. The van der Waals surface area contributed by atoms with E-state index in [1.807, 2.05) is 31.5 Å². The Morgan fingerprint density at radius 2 is 2.05 bits per heavy atom. The van der Waals surface area contributed by atoms with E-state index < -0.39 is 0 Å². The second kappa shape index (κ2) is 5.32. The summed E-state index contributed by atoms with van der Waals surface area (Å²) >= 11 is 0. The average Bonchev–Trinajstić information content (AvgIpc) is 2.66. The Labute approximate surface area is 117 Å². The molecule has 1 N–H and O–H groups in total. The summed E-state index contributed by atoms with van der Waals surface area (Å²) in [7, 11) is 1.69. The van der Waals surface area contributed by atoms with Crippen LogP contribution in [0.25, 0.3) is 0 Å². The number of rotatable bonds is 4. The van der Waals surface area contributed by atoms with Gasteiger partial charge in [0.05, 0.1) is 17.2 Å². The fourth-order valence-electron chi connectivity index (χ4n) is 2.26. The lowest BCUT2D eigenvalue weighted by Crippen LogP contribution is -2.08. The van der Waals surface area contributed by atoms with E-state index in [9.17, 15) is 10.1 Å². The zero-order valence-corrected chi connectivity index (χ0v) is 12.1. The minimum atomic E-state index is -0.373. The summed E-state index contributed by atoms with van der Waals surface area (Å²) in [5, 5.41) is 18.5. The van der Waals surface area contributed by atoms with Gasteiger partial charge in [0.15, 0.2) is 0 Å². The molecule has 1 aromatic carbocycles. The van der Waals surface area contributed by atoms with Crippen molar-refractivity contribution in [3.63, 3.8) is 0 Å². The standard InChI is InChI=1S/C14H18N4O2/c1-9-10(2)16-17(11(9)3)8-12-6-5-7-13(18(19)20)14(12)15-4/h5-7,15H,8H2,1-4H3. The summed E-state index contributed by atoms with van der Waals surface area (Å²) in [5.41, 5.74) is 4.70. The van der Waals surface area contributed by atoms with Crippen LogP contribution in [0, 0.1) is 30.9 Å². The van der Waals surface area contributed by atoms with Gasteiger partial charge in [-0.15, -0.1) is 0 Å². The lowest BCUT2D eigenvalue weighted by Gasteiger charge is -2.11. The Morgan fingerprint density at radius 3 is 2.55 bits per heavy atom. The first-order chi connectivity index (χ1) is 9.45. The molecule has 2 aromatic rings. The van der Waals surface area contributed by atoms with Crippen LogP contribution in [0.4, 0.5) is 11.4 Å². The molecule has 0 bridgehead atoms. The molecule has 0 unspecified atom stereocenters. The number of aryl methyl sites for hydroxylation is 1. The minimum Gasteiger partial charge on any atom is -0.382 e. The highest BCUT2D eigenvalue weighted by molar-refractivity contribution is 5.66. The third kappa shape index (κ3) is 2.36. The molecule has 0 radical (unpaired) electrons. The molecule has 6 heteroatoms. The summed E-state index contributed by atoms with van der Waals surface area (Å²) in [4.78, 5) is 10.7. The lowest BCUT2D eigenvalue weighted by molar-refractivity contribution is -0.384. The van der Waals surface area contributed by atoms with Gasteiger partial charge < -0.3 is 5.32 Å². The number of nitrogens with zero attached hydrogens (tertiary/aromatic N) is 3. The zero-order valence-electron chi connectivity index (χ0n) is 12.1. The van der Waals surface area contributed by atoms with Crippen molar-refractivity contribution >= 4 is 11.4 Å². The van der Waals surface area contributed by atoms with Crippen LogP contribution in [0.1, 0.15) is 22.5 Å². The summed E-state index contributed by atoms with van der Waals surface area (Å²) in [6.07, 6.45) is 0.